The molecular weight excluding hydrogens is 333 g/mol. The maximum absolute atomic E-state index is 12.2. The number of carbonyl (C=O) groups excluding carboxylic acids is 1. The van der Waals surface area contributed by atoms with Gasteiger partial charge < -0.3 is 15.1 Å². The highest BCUT2D eigenvalue weighted by molar-refractivity contribution is 6.35. The lowest BCUT2D eigenvalue weighted by molar-refractivity contribution is 0.0935. The van der Waals surface area contributed by atoms with E-state index < -0.39 is 0 Å². The number of piperidine rings is 1. The van der Waals surface area contributed by atoms with E-state index in [1.54, 1.807) is 18.2 Å². The van der Waals surface area contributed by atoms with E-state index in [1.165, 1.54) is 0 Å². The van der Waals surface area contributed by atoms with Crippen molar-refractivity contribution in [2.75, 3.05) is 46.8 Å². The van der Waals surface area contributed by atoms with Crippen LogP contribution in [-0.2, 0) is 0 Å². The molecule has 1 aliphatic heterocycles. The fourth-order valence-corrected chi connectivity index (χ4v) is 3.31. The first-order chi connectivity index (χ1) is 10.9. The normalized spacial score (nSPS) is 16.7. The van der Waals surface area contributed by atoms with Gasteiger partial charge in [-0.05, 0) is 64.1 Å². The summed E-state index contributed by atoms with van der Waals surface area (Å²) in [5.74, 6) is 0.439. The van der Waals surface area contributed by atoms with Crippen molar-refractivity contribution < 1.29 is 4.79 Å². The number of rotatable bonds is 6. The van der Waals surface area contributed by atoms with Crippen molar-refractivity contribution in [3.63, 3.8) is 0 Å². The van der Waals surface area contributed by atoms with Crippen LogP contribution in [0.5, 0.6) is 0 Å². The first kappa shape index (κ1) is 18.5. The van der Waals surface area contributed by atoms with E-state index in [4.69, 9.17) is 23.2 Å². The molecule has 23 heavy (non-hydrogen) atoms. The van der Waals surface area contributed by atoms with Gasteiger partial charge in [-0.25, -0.2) is 0 Å². The van der Waals surface area contributed by atoms with Crippen molar-refractivity contribution >= 4 is 29.1 Å². The van der Waals surface area contributed by atoms with E-state index in [2.05, 4.69) is 29.2 Å². The minimum absolute atomic E-state index is 0.107. The van der Waals surface area contributed by atoms with E-state index in [1.807, 2.05) is 0 Å². The van der Waals surface area contributed by atoms with Gasteiger partial charge in [0.25, 0.3) is 5.91 Å². The van der Waals surface area contributed by atoms with Crippen LogP contribution in [0.25, 0.3) is 0 Å². The van der Waals surface area contributed by atoms with Gasteiger partial charge in [-0.2, -0.15) is 0 Å². The molecule has 4 nitrogen and oxygen atoms in total. The van der Waals surface area contributed by atoms with Crippen LogP contribution in [0.1, 0.15) is 23.2 Å². The molecule has 2 rings (SSSR count). The predicted octanol–water partition coefficient (Wildman–Crippen LogP) is 3.00. The third-order valence-electron chi connectivity index (χ3n) is 4.25. The molecule has 0 spiro atoms. The Hall–Kier alpha value is -0.810. The molecule has 0 bridgehead atoms. The summed E-state index contributed by atoms with van der Waals surface area (Å²) in [6.07, 6.45) is 2.26. The highest BCUT2D eigenvalue weighted by Crippen LogP contribution is 2.20. The number of hydrogen-bond donors (Lipinski definition) is 1. The highest BCUT2D eigenvalue weighted by atomic mass is 35.5. The Labute approximate surface area is 148 Å². The first-order valence-electron chi connectivity index (χ1n) is 8.05. The highest BCUT2D eigenvalue weighted by Gasteiger charge is 2.20. The summed E-state index contributed by atoms with van der Waals surface area (Å²) in [7, 11) is 4.20. The molecule has 0 radical (unpaired) electrons. The smallest absolute Gasteiger partial charge is 0.251 e. The van der Waals surface area contributed by atoms with E-state index in [9.17, 15) is 4.79 Å². The zero-order valence-corrected chi connectivity index (χ0v) is 15.3. The Kier molecular flexibility index (Phi) is 7.15. The van der Waals surface area contributed by atoms with Gasteiger partial charge in [0.1, 0.15) is 0 Å². The molecule has 0 atom stereocenters. The quantitative estimate of drug-likeness (QED) is 0.849. The third kappa shape index (κ3) is 6.30. The fourth-order valence-electron chi connectivity index (χ4n) is 2.78. The van der Waals surface area contributed by atoms with Crippen molar-refractivity contribution in [2.24, 2.45) is 5.92 Å². The van der Waals surface area contributed by atoms with Gasteiger partial charge >= 0.3 is 0 Å². The van der Waals surface area contributed by atoms with Gasteiger partial charge in [0.05, 0.1) is 0 Å². The van der Waals surface area contributed by atoms with Gasteiger partial charge in [0.15, 0.2) is 0 Å². The molecule has 1 aliphatic rings. The molecule has 0 aromatic heterocycles. The van der Waals surface area contributed by atoms with Crippen molar-refractivity contribution in [1.82, 2.24) is 15.1 Å². The number of carbonyl (C=O) groups is 1. The van der Waals surface area contributed by atoms with Crippen molar-refractivity contribution in [1.29, 1.82) is 0 Å². The molecule has 6 heteroatoms. The van der Waals surface area contributed by atoms with Crippen LogP contribution in [-0.4, -0.2) is 62.5 Å². The Balaban J connectivity index is 1.73. The summed E-state index contributed by atoms with van der Waals surface area (Å²) in [6, 6.07) is 4.92. The lowest BCUT2D eigenvalue weighted by atomic mass is 9.96. The average Bonchev–Trinajstić information content (AvgIpc) is 2.50. The van der Waals surface area contributed by atoms with Crippen LogP contribution in [0.3, 0.4) is 0 Å². The second kappa shape index (κ2) is 8.88. The van der Waals surface area contributed by atoms with Crippen molar-refractivity contribution in [2.45, 2.75) is 12.8 Å². The SMILES string of the molecule is CN(C)CCN1CCC(CNC(=O)c2cc(Cl)cc(Cl)c2)CC1. The van der Waals surface area contributed by atoms with Gasteiger partial charge in [-0.3, -0.25) is 4.79 Å². The van der Waals surface area contributed by atoms with E-state index in [-0.39, 0.29) is 5.91 Å². The van der Waals surface area contributed by atoms with Crippen molar-refractivity contribution in [3.8, 4) is 0 Å². The molecule has 1 N–H and O–H groups in total. The summed E-state index contributed by atoms with van der Waals surface area (Å²) >= 11 is 11.9. The van der Waals surface area contributed by atoms with Crippen LogP contribution >= 0.6 is 23.2 Å². The minimum atomic E-state index is -0.107. The predicted molar refractivity (Wildman–Crippen MR) is 96.5 cm³/mol. The van der Waals surface area contributed by atoms with Crippen LogP contribution in [0, 0.1) is 5.92 Å². The molecule has 128 valence electrons. The van der Waals surface area contributed by atoms with Crippen LogP contribution in [0.4, 0.5) is 0 Å². The summed E-state index contributed by atoms with van der Waals surface area (Å²) in [6.45, 7) is 5.14. The standard InChI is InChI=1S/C17H25Cl2N3O/c1-21(2)7-8-22-5-3-13(4-6-22)12-20-17(23)14-9-15(18)11-16(19)10-14/h9-11,13H,3-8,12H2,1-2H3,(H,20,23). The van der Waals surface area contributed by atoms with Crippen molar-refractivity contribution in [3.05, 3.63) is 33.8 Å². The van der Waals surface area contributed by atoms with Crippen LogP contribution in [0.2, 0.25) is 10.0 Å². The molecule has 0 aliphatic carbocycles. The topological polar surface area (TPSA) is 35.6 Å². The average molecular weight is 358 g/mol. The van der Waals surface area contributed by atoms with E-state index >= 15 is 0 Å². The Bertz CT molecular complexity index is 508. The number of likely N-dealkylation sites (N-methyl/N-ethyl adjacent to an activating group) is 1. The molecule has 1 fully saturated rings. The number of benzene rings is 1. The van der Waals surface area contributed by atoms with E-state index in [0.29, 0.717) is 28.1 Å². The summed E-state index contributed by atoms with van der Waals surface area (Å²) in [4.78, 5) is 16.9. The zero-order valence-electron chi connectivity index (χ0n) is 13.8. The van der Waals surface area contributed by atoms with Gasteiger partial charge in [-0.1, -0.05) is 23.2 Å². The van der Waals surface area contributed by atoms with Gasteiger partial charge in [0.2, 0.25) is 0 Å². The van der Waals surface area contributed by atoms with Gasteiger partial charge in [0, 0.05) is 35.2 Å². The molecular formula is C17H25Cl2N3O. The minimum Gasteiger partial charge on any atom is -0.352 e. The Morgan fingerprint density at radius 3 is 2.39 bits per heavy atom. The fraction of sp³-hybridized carbons (Fsp3) is 0.588. The molecule has 0 saturated carbocycles. The number of halogens is 2. The Morgan fingerprint density at radius 2 is 1.83 bits per heavy atom. The number of hydrogen-bond acceptors (Lipinski definition) is 3. The first-order valence-corrected chi connectivity index (χ1v) is 8.81. The molecule has 1 amide bonds. The lowest BCUT2D eigenvalue weighted by Crippen LogP contribution is -2.41. The number of likely N-dealkylation sites (tertiary alicyclic amines) is 1. The number of nitrogens with zero attached hydrogens (tertiary/aromatic N) is 2. The molecule has 1 aromatic rings. The molecule has 0 unspecified atom stereocenters. The second-order valence-electron chi connectivity index (χ2n) is 6.46. The lowest BCUT2D eigenvalue weighted by Gasteiger charge is -2.32. The maximum atomic E-state index is 12.2. The van der Waals surface area contributed by atoms with Gasteiger partial charge in [-0.15, -0.1) is 0 Å². The largest absolute Gasteiger partial charge is 0.352 e. The molecule has 1 heterocycles. The summed E-state index contributed by atoms with van der Waals surface area (Å²) < 4.78 is 0. The monoisotopic (exact) mass is 357 g/mol. The molecule has 1 aromatic carbocycles. The van der Waals surface area contributed by atoms with E-state index in [0.717, 1.165) is 39.0 Å². The third-order valence-corrected chi connectivity index (χ3v) is 4.68. The number of amides is 1. The van der Waals surface area contributed by atoms with Crippen LogP contribution in [0.15, 0.2) is 18.2 Å². The van der Waals surface area contributed by atoms with Crippen LogP contribution < -0.4 is 5.32 Å². The second-order valence-corrected chi connectivity index (χ2v) is 7.33. The number of nitrogens with one attached hydrogen (secondary N) is 1. The summed E-state index contributed by atoms with van der Waals surface area (Å²) in [5.41, 5.74) is 0.519. The summed E-state index contributed by atoms with van der Waals surface area (Å²) in [5, 5.41) is 3.97. The zero-order chi connectivity index (χ0) is 16.8. The Morgan fingerprint density at radius 1 is 1.22 bits per heavy atom. The maximum Gasteiger partial charge on any atom is 0.251 e. The molecule has 1 saturated heterocycles.